The highest BCUT2D eigenvalue weighted by Gasteiger charge is 2.19. The van der Waals surface area contributed by atoms with Gasteiger partial charge in [0.2, 0.25) is 0 Å². The van der Waals surface area contributed by atoms with Crippen LogP contribution in [-0.4, -0.2) is 17.5 Å². The molecular weight excluding hydrogens is 266 g/mol. The lowest BCUT2D eigenvalue weighted by Crippen LogP contribution is -2.16. The molecule has 4 heteroatoms. The van der Waals surface area contributed by atoms with E-state index < -0.39 is 0 Å². The normalized spacial score (nSPS) is 17.4. The summed E-state index contributed by atoms with van der Waals surface area (Å²) >= 11 is 0. The number of carbonyl (C=O) groups is 2. The van der Waals surface area contributed by atoms with Gasteiger partial charge in [0.25, 0.3) is 0 Å². The highest BCUT2D eigenvalue weighted by molar-refractivity contribution is 6.21. The molecule has 1 aliphatic carbocycles. The van der Waals surface area contributed by atoms with Crippen molar-refractivity contribution in [3.8, 4) is 0 Å². The van der Waals surface area contributed by atoms with Gasteiger partial charge in [0, 0.05) is 5.57 Å². The van der Waals surface area contributed by atoms with Crippen LogP contribution in [0.2, 0.25) is 0 Å². The summed E-state index contributed by atoms with van der Waals surface area (Å²) in [4.78, 5) is 28.3. The lowest BCUT2D eigenvalue weighted by atomic mass is 9.90. The van der Waals surface area contributed by atoms with Gasteiger partial charge in [-0.05, 0) is 43.4 Å². The second kappa shape index (κ2) is 8.35. The number of nitrogens with zero attached hydrogens (tertiary/aromatic N) is 1. The first kappa shape index (κ1) is 17.1. The molecule has 0 aliphatic heterocycles. The monoisotopic (exact) mass is 289 g/mol. The van der Waals surface area contributed by atoms with Gasteiger partial charge in [-0.25, -0.2) is 4.79 Å². The lowest BCUT2D eigenvalue weighted by molar-refractivity contribution is -0.143. The maximum Gasteiger partial charge on any atom is 0.335 e. The molecule has 0 amide bonds. The fraction of sp³-hybridized carbons (Fsp3) is 0.471. The van der Waals surface area contributed by atoms with Crippen molar-refractivity contribution in [2.75, 3.05) is 0 Å². The Morgan fingerprint density at radius 2 is 2.05 bits per heavy atom. The topological polar surface area (TPSA) is 55.7 Å². The van der Waals surface area contributed by atoms with Crippen LogP contribution < -0.4 is 0 Å². The number of oxime groups is 1. The van der Waals surface area contributed by atoms with Crippen LogP contribution in [-0.2, 0) is 14.4 Å². The van der Waals surface area contributed by atoms with Gasteiger partial charge in [-0.15, -0.1) is 0 Å². The molecule has 0 radical (unpaired) electrons. The van der Waals surface area contributed by atoms with E-state index in [4.69, 9.17) is 4.84 Å². The van der Waals surface area contributed by atoms with Crippen LogP contribution in [0, 0.1) is 5.92 Å². The summed E-state index contributed by atoms with van der Waals surface area (Å²) < 4.78 is 0. The second-order valence-corrected chi connectivity index (χ2v) is 5.30. The number of carbonyl (C=O) groups excluding carboxylic acids is 2. The third-order valence-electron chi connectivity index (χ3n) is 3.11. The van der Waals surface area contributed by atoms with Crippen molar-refractivity contribution in [1.82, 2.24) is 0 Å². The summed E-state index contributed by atoms with van der Waals surface area (Å²) in [5.41, 5.74) is 1.93. The minimum absolute atomic E-state index is 0.00233. The number of hydrogen-bond donors (Lipinski definition) is 0. The number of rotatable bonds is 6. The Kier molecular flexibility index (Phi) is 6.79. The minimum Gasteiger partial charge on any atom is -0.318 e. The Hall–Kier alpha value is -1.97. The first-order valence-electron chi connectivity index (χ1n) is 7.33. The zero-order valence-electron chi connectivity index (χ0n) is 13.2. The Morgan fingerprint density at radius 1 is 1.33 bits per heavy atom. The van der Waals surface area contributed by atoms with Crippen LogP contribution in [0.4, 0.5) is 0 Å². The van der Waals surface area contributed by atoms with E-state index in [-0.39, 0.29) is 17.7 Å². The van der Waals surface area contributed by atoms with Crippen molar-refractivity contribution in [3.05, 3.63) is 35.5 Å². The van der Waals surface area contributed by atoms with Gasteiger partial charge < -0.3 is 4.84 Å². The molecule has 0 N–H and O–H groups in total. The molecule has 21 heavy (non-hydrogen) atoms. The maximum atomic E-state index is 11.8. The van der Waals surface area contributed by atoms with E-state index in [1.807, 2.05) is 32.9 Å². The highest BCUT2D eigenvalue weighted by atomic mass is 16.7. The highest BCUT2D eigenvalue weighted by Crippen LogP contribution is 2.19. The molecule has 0 saturated carbocycles. The van der Waals surface area contributed by atoms with Crippen LogP contribution in [0.3, 0.4) is 0 Å². The molecule has 1 rings (SSSR count). The molecule has 4 nitrogen and oxygen atoms in total. The molecule has 114 valence electrons. The molecule has 0 unspecified atom stereocenters. The molecule has 0 aromatic heterocycles. The standard InChI is InChI=1S/C17H23NO3/c1-5-6-7-8-9-17(20)21-18-15-11-14(12(2)3)16(19)10-13(15)4/h6-7,10-12H,5,8-9H2,1-4H3/b7-6+,18-15+. The van der Waals surface area contributed by atoms with Crippen LogP contribution in [0.5, 0.6) is 0 Å². The van der Waals surface area contributed by atoms with Crippen molar-refractivity contribution in [3.63, 3.8) is 0 Å². The van der Waals surface area contributed by atoms with Crippen LogP contribution >= 0.6 is 0 Å². The van der Waals surface area contributed by atoms with E-state index in [1.54, 1.807) is 13.0 Å². The molecule has 0 spiro atoms. The van der Waals surface area contributed by atoms with Crippen LogP contribution in [0.15, 0.2) is 40.6 Å². The molecule has 0 atom stereocenters. The average Bonchev–Trinajstić information content (AvgIpc) is 2.42. The molecule has 0 fully saturated rings. The van der Waals surface area contributed by atoms with E-state index in [1.165, 1.54) is 6.08 Å². The lowest BCUT2D eigenvalue weighted by Gasteiger charge is -2.14. The fourth-order valence-electron chi connectivity index (χ4n) is 1.87. The second-order valence-electron chi connectivity index (χ2n) is 5.30. The Morgan fingerprint density at radius 3 is 2.67 bits per heavy atom. The number of ketones is 1. The van der Waals surface area contributed by atoms with Gasteiger partial charge in [-0.2, -0.15) is 0 Å². The SMILES string of the molecule is CC/C=C/CCC(=O)O/N=C1\C=C(C(C)C)C(=O)C=C1C. The number of allylic oxidation sites excluding steroid dienone is 6. The molecule has 0 saturated heterocycles. The van der Waals surface area contributed by atoms with Gasteiger partial charge >= 0.3 is 5.97 Å². The largest absolute Gasteiger partial charge is 0.335 e. The summed E-state index contributed by atoms with van der Waals surface area (Å²) in [6.07, 6.45) is 9.11. The third kappa shape index (κ3) is 5.50. The predicted octanol–water partition coefficient (Wildman–Crippen LogP) is 3.74. The van der Waals surface area contributed by atoms with Gasteiger partial charge in [0.1, 0.15) is 5.71 Å². The molecule has 0 heterocycles. The quantitative estimate of drug-likeness (QED) is 0.324. The van der Waals surface area contributed by atoms with E-state index >= 15 is 0 Å². The fourth-order valence-corrected chi connectivity index (χ4v) is 1.87. The smallest absolute Gasteiger partial charge is 0.318 e. The Labute approximate surface area is 126 Å². The summed E-state index contributed by atoms with van der Waals surface area (Å²) in [6, 6.07) is 0. The van der Waals surface area contributed by atoms with E-state index in [0.717, 1.165) is 6.42 Å². The van der Waals surface area contributed by atoms with E-state index in [9.17, 15) is 9.59 Å². The van der Waals surface area contributed by atoms with Gasteiger partial charge in [-0.1, -0.05) is 38.1 Å². The summed E-state index contributed by atoms with van der Waals surface area (Å²) in [6.45, 7) is 7.71. The molecule has 1 aliphatic rings. The Balaban J connectivity index is 2.66. The van der Waals surface area contributed by atoms with Crippen molar-refractivity contribution in [1.29, 1.82) is 0 Å². The Bertz CT molecular complexity index is 522. The molecule has 0 aromatic rings. The summed E-state index contributed by atoms with van der Waals surface area (Å²) in [5, 5.41) is 3.88. The van der Waals surface area contributed by atoms with Crippen LogP contribution in [0.1, 0.15) is 47.0 Å². The van der Waals surface area contributed by atoms with Gasteiger partial charge in [0.15, 0.2) is 5.78 Å². The summed E-state index contributed by atoms with van der Waals surface area (Å²) in [5.74, 6) is -0.258. The van der Waals surface area contributed by atoms with E-state index in [0.29, 0.717) is 29.7 Å². The van der Waals surface area contributed by atoms with Gasteiger partial charge in [0.05, 0.1) is 6.42 Å². The van der Waals surface area contributed by atoms with Crippen molar-refractivity contribution >= 4 is 17.5 Å². The van der Waals surface area contributed by atoms with Crippen molar-refractivity contribution in [2.24, 2.45) is 11.1 Å². The first-order chi connectivity index (χ1) is 9.95. The first-order valence-corrected chi connectivity index (χ1v) is 7.33. The minimum atomic E-state index is -0.368. The van der Waals surface area contributed by atoms with Crippen molar-refractivity contribution < 1.29 is 14.4 Å². The average molecular weight is 289 g/mol. The van der Waals surface area contributed by atoms with Crippen LogP contribution in [0.25, 0.3) is 0 Å². The van der Waals surface area contributed by atoms with Gasteiger partial charge in [-0.3, -0.25) is 4.79 Å². The van der Waals surface area contributed by atoms with Crippen molar-refractivity contribution in [2.45, 2.75) is 47.0 Å². The zero-order valence-corrected chi connectivity index (χ0v) is 13.2. The third-order valence-corrected chi connectivity index (χ3v) is 3.11. The predicted molar refractivity (Wildman–Crippen MR) is 83.9 cm³/mol. The van der Waals surface area contributed by atoms with E-state index in [2.05, 4.69) is 5.16 Å². The maximum absolute atomic E-state index is 11.8. The molecule has 0 aromatic carbocycles. The zero-order chi connectivity index (χ0) is 15.8. The molecule has 0 bridgehead atoms. The summed E-state index contributed by atoms with van der Waals surface area (Å²) in [7, 11) is 0. The number of hydrogen-bond acceptors (Lipinski definition) is 4. The molecular formula is C17H23NO3.